The molecule has 1 heterocycles. The number of hydrogen-bond donors (Lipinski definition) is 3. The summed E-state index contributed by atoms with van der Waals surface area (Å²) in [5.41, 5.74) is 5.95. The fourth-order valence-electron chi connectivity index (χ4n) is 1.19. The van der Waals surface area contributed by atoms with E-state index in [4.69, 9.17) is 16.7 Å². The van der Waals surface area contributed by atoms with Gasteiger partial charge in [0.2, 0.25) is 0 Å². The lowest BCUT2D eigenvalue weighted by molar-refractivity contribution is 0.0941. The van der Waals surface area contributed by atoms with E-state index in [2.05, 4.69) is 27.9 Å². The molecule has 0 fully saturated rings. The number of rotatable bonds is 3. The number of hydrogen-bond acceptors (Lipinski definition) is 4. The number of thiocarbonyl (C=S) groups is 1. The second-order valence-electron chi connectivity index (χ2n) is 3.28. The molecule has 0 aromatic carbocycles. The van der Waals surface area contributed by atoms with Crippen molar-refractivity contribution in [2.75, 3.05) is 6.54 Å². The Kier molecular flexibility index (Phi) is 4.65. The molecule has 1 aromatic heterocycles. The van der Waals surface area contributed by atoms with Crippen LogP contribution in [0.15, 0.2) is 17.2 Å². The molecule has 0 aliphatic carbocycles. The van der Waals surface area contributed by atoms with E-state index in [0.717, 1.165) is 0 Å². The summed E-state index contributed by atoms with van der Waals surface area (Å²) >= 11 is 4.91. The van der Waals surface area contributed by atoms with Gasteiger partial charge in [-0.3, -0.25) is 15.6 Å². The summed E-state index contributed by atoms with van der Waals surface area (Å²) in [6.45, 7) is 7.42. The van der Waals surface area contributed by atoms with Crippen LogP contribution in [0.3, 0.4) is 0 Å². The summed E-state index contributed by atoms with van der Waals surface area (Å²) in [4.78, 5) is 11.7. The molecule has 1 aromatic rings. The highest BCUT2D eigenvalue weighted by Gasteiger charge is 2.17. The fraction of sp³-hybridized carbons (Fsp3) is 0.300. The highest BCUT2D eigenvalue weighted by atomic mass is 32.1. The first-order chi connectivity index (χ1) is 8.06. The third-order valence-electron chi connectivity index (χ3n) is 1.96. The Morgan fingerprint density at radius 1 is 1.53 bits per heavy atom. The third kappa shape index (κ3) is 3.56. The smallest absolute Gasteiger partial charge is 0.275 e. The average Bonchev–Trinajstić information content (AvgIpc) is 2.63. The normalized spacial score (nSPS) is 9.53. The van der Waals surface area contributed by atoms with Gasteiger partial charge in [-0.2, -0.15) is 0 Å². The Bertz CT molecular complexity index is 422. The maximum atomic E-state index is 11.7. The lowest BCUT2D eigenvalue weighted by Gasteiger charge is -2.09. The van der Waals surface area contributed by atoms with Gasteiger partial charge in [0.1, 0.15) is 11.3 Å². The van der Waals surface area contributed by atoms with Gasteiger partial charge in [0.15, 0.2) is 5.11 Å². The van der Waals surface area contributed by atoms with Crippen LogP contribution in [0.5, 0.6) is 0 Å². The van der Waals surface area contributed by atoms with E-state index in [1.165, 1.54) is 0 Å². The molecule has 0 aliphatic rings. The van der Waals surface area contributed by atoms with E-state index in [-0.39, 0.29) is 5.91 Å². The molecule has 0 atom stereocenters. The van der Waals surface area contributed by atoms with Gasteiger partial charge >= 0.3 is 0 Å². The second-order valence-corrected chi connectivity index (χ2v) is 3.69. The van der Waals surface area contributed by atoms with Crippen LogP contribution in [0.4, 0.5) is 0 Å². The molecule has 0 bridgehead atoms. The molecule has 6 nitrogen and oxygen atoms in total. The van der Waals surface area contributed by atoms with Crippen molar-refractivity contribution < 1.29 is 9.32 Å². The van der Waals surface area contributed by atoms with E-state index in [1.807, 2.05) is 0 Å². The van der Waals surface area contributed by atoms with Gasteiger partial charge in [-0.05, 0) is 26.1 Å². The van der Waals surface area contributed by atoms with Crippen LogP contribution >= 0.6 is 12.2 Å². The SMILES string of the molecule is C=CCNC(=S)NNC(=O)c1c(C)noc1C. The molecule has 0 saturated heterocycles. The van der Waals surface area contributed by atoms with Crippen molar-refractivity contribution in [3.8, 4) is 0 Å². The van der Waals surface area contributed by atoms with Crippen molar-refractivity contribution in [3.63, 3.8) is 0 Å². The van der Waals surface area contributed by atoms with Crippen LogP contribution in [0.1, 0.15) is 21.8 Å². The summed E-state index contributed by atoms with van der Waals surface area (Å²) in [6, 6.07) is 0. The molecule has 0 radical (unpaired) electrons. The summed E-state index contributed by atoms with van der Waals surface area (Å²) < 4.78 is 4.89. The summed E-state index contributed by atoms with van der Waals surface area (Å²) in [6.07, 6.45) is 1.66. The molecule has 0 unspecified atom stereocenters. The van der Waals surface area contributed by atoms with E-state index in [9.17, 15) is 4.79 Å². The average molecular weight is 254 g/mol. The number of nitrogens with one attached hydrogen (secondary N) is 3. The van der Waals surface area contributed by atoms with Crippen LogP contribution < -0.4 is 16.2 Å². The number of carbonyl (C=O) groups excluding carboxylic acids is 1. The number of aromatic nitrogens is 1. The van der Waals surface area contributed by atoms with Gasteiger partial charge < -0.3 is 9.84 Å². The molecule has 0 aliphatic heterocycles. The molecule has 7 heteroatoms. The van der Waals surface area contributed by atoms with Crippen molar-refractivity contribution in [2.45, 2.75) is 13.8 Å². The summed E-state index contributed by atoms with van der Waals surface area (Å²) in [5, 5.41) is 6.81. The van der Waals surface area contributed by atoms with Crippen molar-refractivity contribution >= 4 is 23.2 Å². The zero-order valence-electron chi connectivity index (χ0n) is 9.66. The molecule has 1 amide bonds. The number of amides is 1. The largest absolute Gasteiger partial charge is 0.361 e. The van der Waals surface area contributed by atoms with Crippen LogP contribution in [-0.4, -0.2) is 22.7 Å². The Balaban J connectivity index is 2.50. The van der Waals surface area contributed by atoms with Gasteiger partial charge in [-0.1, -0.05) is 11.2 Å². The Labute approximate surface area is 104 Å². The maximum absolute atomic E-state index is 11.7. The number of hydrazine groups is 1. The van der Waals surface area contributed by atoms with Gasteiger partial charge in [0.25, 0.3) is 5.91 Å². The molecule has 3 N–H and O–H groups in total. The standard InChI is InChI=1S/C10H14N4O2S/c1-4-5-11-10(17)13-12-9(15)8-6(2)14-16-7(8)3/h4H,1,5H2,2-3H3,(H,12,15)(H2,11,13,17). The number of carbonyl (C=O) groups is 1. The summed E-state index contributed by atoms with van der Waals surface area (Å²) in [7, 11) is 0. The van der Waals surface area contributed by atoms with Crippen LogP contribution in [0, 0.1) is 13.8 Å². The first-order valence-electron chi connectivity index (χ1n) is 4.94. The minimum atomic E-state index is -0.344. The monoisotopic (exact) mass is 254 g/mol. The molecular weight excluding hydrogens is 240 g/mol. The Hall–Kier alpha value is -1.89. The van der Waals surface area contributed by atoms with Crippen molar-refractivity contribution in [1.29, 1.82) is 0 Å². The highest BCUT2D eigenvalue weighted by Crippen LogP contribution is 2.10. The van der Waals surface area contributed by atoms with Gasteiger partial charge in [0.05, 0.1) is 5.69 Å². The minimum Gasteiger partial charge on any atom is -0.361 e. The van der Waals surface area contributed by atoms with Crippen LogP contribution in [0.2, 0.25) is 0 Å². The predicted octanol–water partition coefficient (Wildman–Crippen LogP) is 0.586. The number of nitrogens with zero attached hydrogens (tertiary/aromatic N) is 1. The third-order valence-corrected chi connectivity index (χ3v) is 2.20. The zero-order chi connectivity index (χ0) is 12.8. The molecule has 0 saturated carbocycles. The summed E-state index contributed by atoms with van der Waals surface area (Å²) in [5.74, 6) is 0.121. The topological polar surface area (TPSA) is 79.2 Å². The van der Waals surface area contributed by atoms with Crippen molar-refractivity contribution in [2.24, 2.45) is 0 Å². The Morgan fingerprint density at radius 3 is 2.76 bits per heavy atom. The van der Waals surface area contributed by atoms with Gasteiger partial charge in [0, 0.05) is 6.54 Å². The highest BCUT2D eigenvalue weighted by molar-refractivity contribution is 7.80. The maximum Gasteiger partial charge on any atom is 0.275 e. The van der Waals surface area contributed by atoms with Crippen molar-refractivity contribution in [1.82, 2.24) is 21.3 Å². The lowest BCUT2D eigenvalue weighted by atomic mass is 10.2. The molecular formula is C10H14N4O2S. The van der Waals surface area contributed by atoms with Crippen LogP contribution in [-0.2, 0) is 0 Å². The van der Waals surface area contributed by atoms with E-state index >= 15 is 0 Å². The molecule has 92 valence electrons. The first kappa shape index (κ1) is 13.2. The molecule has 0 spiro atoms. The quantitative estimate of drug-likeness (QED) is 0.416. The van der Waals surface area contributed by atoms with Gasteiger partial charge in [-0.25, -0.2) is 0 Å². The first-order valence-corrected chi connectivity index (χ1v) is 5.35. The Morgan fingerprint density at radius 2 is 2.24 bits per heavy atom. The lowest BCUT2D eigenvalue weighted by Crippen LogP contribution is -2.47. The minimum absolute atomic E-state index is 0.310. The number of aryl methyl sites for hydroxylation is 2. The second kappa shape index (κ2) is 6.00. The van der Waals surface area contributed by atoms with Crippen molar-refractivity contribution in [3.05, 3.63) is 29.7 Å². The van der Waals surface area contributed by atoms with E-state index in [0.29, 0.717) is 28.7 Å². The predicted molar refractivity (Wildman–Crippen MR) is 67.4 cm³/mol. The molecule has 1 rings (SSSR count). The van der Waals surface area contributed by atoms with Gasteiger partial charge in [-0.15, -0.1) is 6.58 Å². The zero-order valence-corrected chi connectivity index (χ0v) is 10.5. The molecule has 17 heavy (non-hydrogen) atoms. The fourth-order valence-corrected chi connectivity index (χ4v) is 1.33. The van der Waals surface area contributed by atoms with E-state index < -0.39 is 0 Å². The van der Waals surface area contributed by atoms with E-state index in [1.54, 1.807) is 19.9 Å². The van der Waals surface area contributed by atoms with Crippen LogP contribution in [0.25, 0.3) is 0 Å².